The Morgan fingerprint density at radius 1 is 0.624 bits per heavy atom. The number of likely N-dealkylation sites (N-methyl/N-ethyl adjacent to an activating group) is 2. The Morgan fingerprint density at radius 3 is 1.80 bits per heavy atom. The van der Waals surface area contributed by atoms with E-state index in [1.54, 1.807) is 89.8 Å². The average Bonchev–Trinajstić information content (AvgIpc) is 2.12. The van der Waals surface area contributed by atoms with Gasteiger partial charge in [-0.05, 0) is 145 Å². The molecule has 1 unspecified atom stereocenters. The maximum atomic E-state index is 14.4. The number of amides is 8. The van der Waals surface area contributed by atoms with Crippen LogP contribution in [0.25, 0.3) is 0 Å². The number of aromatic nitrogens is 4. The van der Waals surface area contributed by atoms with Gasteiger partial charge >= 0.3 is 12.1 Å². The van der Waals surface area contributed by atoms with Gasteiger partial charge in [-0.3, -0.25) is 29.4 Å². The molecular weight excluding hydrogens is 1080 g/mol. The molecule has 0 spiro atoms. The SMILES string of the molecule is C=CC(=O)Nc1ccc(C(=O)Nc2cccc(Nc3n[nH]c4c3CN(C(=O)N3CCN(C)CC3)C4(C)C/C=C/C(=O)Nc3cccc(C(=O)Nc4cccc(Nc5n[nH]c6c5CN(C(=O)N[C@H](CN(C)C)c5ccccc5)C6(C)C)c4)c3)c2)cc1. The lowest BCUT2D eigenvalue weighted by molar-refractivity contribution is -0.112. The summed E-state index contributed by atoms with van der Waals surface area (Å²) in [5, 5.41) is 37.1. The average molecular weight is 1150 g/mol. The van der Waals surface area contributed by atoms with Crippen LogP contribution in [0.15, 0.2) is 152 Å². The number of aromatic amines is 2. The topological polar surface area (TPSA) is 260 Å². The molecule has 2 aromatic heterocycles. The molecule has 0 saturated carbocycles. The van der Waals surface area contributed by atoms with E-state index < -0.39 is 22.9 Å². The second-order valence-corrected chi connectivity index (χ2v) is 22.4. The number of hydrogen-bond acceptors (Lipinski definition) is 12. The number of anilines is 8. The fourth-order valence-electron chi connectivity index (χ4n) is 10.9. The van der Waals surface area contributed by atoms with Crippen LogP contribution in [-0.2, 0) is 33.8 Å². The molecule has 0 aliphatic carbocycles. The van der Waals surface area contributed by atoms with Crippen molar-refractivity contribution in [2.24, 2.45) is 0 Å². The Balaban J connectivity index is 0.770. The van der Waals surface area contributed by atoms with Gasteiger partial charge in [0.2, 0.25) is 11.8 Å². The lowest BCUT2D eigenvalue weighted by atomic mass is 9.93. The van der Waals surface area contributed by atoms with Crippen molar-refractivity contribution in [2.75, 3.05) is 85.8 Å². The molecular formula is C63H70N16O6. The Bertz CT molecular complexity index is 3680. The second-order valence-electron chi connectivity index (χ2n) is 22.4. The van der Waals surface area contributed by atoms with Crippen LogP contribution >= 0.6 is 0 Å². The molecule has 8 amide bonds. The Kier molecular flexibility index (Phi) is 17.0. The third kappa shape index (κ3) is 13.1. The number of benzene rings is 5. The van der Waals surface area contributed by atoms with Crippen molar-refractivity contribution in [2.45, 2.75) is 57.4 Å². The zero-order valence-corrected chi connectivity index (χ0v) is 48.4. The maximum absolute atomic E-state index is 14.4. The van der Waals surface area contributed by atoms with Crippen LogP contribution in [0, 0.1) is 0 Å². The number of hydrogen-bond donors (Lipinski definition) is 9. The second kappa shape index (κ2) is 24.8. The summed E-state index contributed by atoms with van der Waals surface area (Å²) in [4.78, 5) is 90.4. The molecule has 22 heteroatoms. The molecule has 3 aliphatic rings. The van der Waals surface area contributed by atoms with Crippen LogP contribution in [-0.4, -0.2) is 134 Å². The van der Waals surface area contributed by atoms with Crippen molar-refractivity contribution in [3.05, 3.63) is 191 Å². The number of carbonyl (C=O) groups excluding carboxylic acids is 6. The van der Waals surface area contributed by atoms with Gasteiger partial charge in [0.15, 0.2) is 11.6 Å². The summed E-state index contributed by atoms with van der Waals surface area (Å²) in [6.45, 7) is 13.2. The number of fused-ring (bicyclic) bond motifs is 2. The summed E-state index contributed by atoms with van der Waals surface area (Å²) < 4.78 is 0. The Hall–Kier alpha value is -10.1. The monoisotopic (exact) mass is 1150 g/mol. The van der Waals surface area contributed by atoms with Crippen molar-refractivity contribution < 1.29 is 28.8 Å². The molecule has 1 fully saturated rings. The first-order chi connectivity index (χ1) is 40.8. The molecule has 85 heavy (non-hydrogen) atoms. The normalized spacial score (nSPS) is 16.5. The van der Waals surface area contributed by atoms with E-state index in [0.29, 0.717) is 83.1 Å². The van der Waals surface area contributed by atoms with Crippen molar-refractivity contribution in [3.8, 4) is 0 Å². The van der Waals surface area contributed by atoms with Crippen LogP contribution in [0.5, 0.6) is 0 Å². The standard InChI is InChI=1S/C63H70N16O6/c1-8-52(80)64-43-27-25-41(26-28-43)58(82)68-47-22-13-21-46(35-47)67-57-50-38-79(61(85)77-32-30-76(7)31-33-77)63(4,55(50)72-74-57)29-15-24-53(81)65-44-19-12-18-42(34-44)59(83)69-48-23-14-20-45(36-48)66-56-49-37-78(62(2,3)54(49)71-73-56)60(84)70-51(39-75(5)6)40-16-10-9-11-17-40/h8-28,34-36,51H,1,29-33,37-39H2,2-7H3,(H,64,80)(H,65,81)(H,68,82)(H,69,83)(H,70,84)(H2,66,71,73)(H2,67,72,74)/b24-15+/t51-,63?/m1/s1. The number of piperazine rings is 1. The molecule has 7 aromatic rings. The minimum Gasteiger partial charge on any atom is -0.338 e. The lowest BCUT2D eigenvalue weighted by Crippen LogP contribution is -2.54. The van der Waals surface area contributed by atoms with E-state index >= 15 is 0 Å². The number of rotatable bonds is 18. The molecule has 22 nitrogen and oxygen atoms in total. The molecule has 1 saturated heterocycles. The molecule has 438 valence electrons. The fraction of sp³-hybridized carbons (Fsp3) is 0.270. The van der Waals surface area contributed by atoms with Gasteiger partial charge in [0.1, 0.15) is 0 Å². The molecule has 10 rings (SSSR count). The van der Waals surface area contributed by atoms with E-state index in [1.165, 1.54) is 12.2 Å². The van der Waals surface area contributed by atoms with E-state index in [1.807, 2.05) is 105 Å². The molecule has 9 N–H and O–H groups in total. The highest BCUT2D eigenvalue weighted by Crippen LogP contribution is 2.45. The van der Waals surface area contributed by atoms with Crippen molar-refractivity contribution in [3.63, 3.8) is 0 Å². The van der Waals surface area contributed by atoms with Gasteiger partial charge < -0.3 is 61.7 Å². The summed E-state index contributed by atoms with van der Waals surface area (Å²) in [5.74, 6) is -0.442. The highest BCUT2D eigenvalue weighted by molar-refractivity contribution is 6.07. The number of urea groups is 2. The van der Waals surface area contributed by atoms with E-state index in [4.69, 9.17) is 0 Å². The summed E-state index contributed by atoms with van der Waals surface area (Å²) in [5.41, 5.74) is 6.59. The zero-order chi connectivity index (χ0) is 60.0. The highest BCUT2D eigenvalue weighted by Gasteiger charge is 2.48. The zero-order valence-electron chi connectivity index (χ0n) is 48.4. The highest BCUT2D eigenvalue weighted by atomic mass is 16.2. The summed E-state index contributed by atoms with van der Waals surface area (Å²) in [7, 11) is 5.99. The van der Waals surface area contributed by atoms with Crippen LogP contribution < -0.4 is 37.2 Å². The van der Waals surface area contributed by atoms with Crippen molar-refractivity contribution in [1.82, 2.24) is 50.2 Å². The van der Waals surface area contributed by atoms with Gasteiger partial charge in [-0.15, -0.1) is 0 Å². The predicted octanol–water partition coefficient (Wildman–Crippen LogP) is 9.30. The lowest BCUT2D eigenvalue weighted by Gasteiger charge is -2.40. The third-order valence-electron chi connectivity index (χ3n) is 15.6. The summed E-state index contributed by atoms with van der Waals surface area (Å²) in [6, 6.07) is 37.0. The quantitative estimate of drug-likeness (QED) is 0.0364. The Morgan fingerprint density at radius 2 is 1.18 bits per heavy atom. The largest absolute Gasteiger partial charge is 0.338 e. The molecule has 0 radical (unpaired) electrons. The molecule has 0 bridgehead atoms. The smallest absolute Gasteiger partial charge is 0.321 e. The van der Waals surface area contributed by atoms with E-state index in [9.17, 15) is 28.8 Å². The van der Waals surface area contributed by atoms with E-state index in [2.05, 4.69) is 69.1 Å². The maximum Gasteiger partial charge on any atom is 0.321 e. The first-order valence-electron chi connectivity index (χ1n) is 28.0. The number of nitrogens with zero attached hydrogens (tertiary/aromatic N) is 7. The van der Waals surface area contributed by atoms with Crippen LogP contribution in [0.4, 0.5) is 55.3 Å². The number of carbonyl (C=O) groups is 6. The minimum absolute atomic E-state index is 0.129. The molecule has 5 aromatic carbocycles. The minimum atomic E-state index is -0.933. The van der Waals surface area contributed by atoms with Crippen LogP contribution in [0.1, 0.15) is 82.0 Å². The van der Waals surface area contributed by atoms with Gasteiger partial charge in [0.05, 0.1) is 41.6 Å². The third-order valence-corrected chi connectivity index (χ3v) is 15.6. The van der Waals surface area contributed by atoms with Crippen molar-refractivity contribution >= 4 is 81.5 Å². The molecule has 5 heterocycles. The molecule has 3 aliphatic heterocycles. The predicted molar refractivity (Wildman–Crippen MR) is 329 cm³/mol. The Labute approximate surface area is 493 Å². The van der Waals surface area contributed by atoms with Crippen LogP contribution in [0.3, 0.4) is 0 Å². The van der Waals surface area contributed by atoms with E-state index in [-0.39, 0.29) is 42.9 Å². The van der Waals surface area contributed by atoms with Gasteiger partial charge in [0, 0.05) is 89.1 Å². The summed E-state index contributed by atoms with van der Waals surface area (Å²) in [6.07, 6.45) is 4.59. The van der Waals surface area contributed by atoms with Crippen molar-refractivity contribution in [1.29, 1.82) is 0 Å². The fourth-order valence-corrected chi connectivity index (χ4v) is 10.9. The van der Waals surface area contributed by atoms with Gasteiger partial charge in [-0.1, -0.05) is 61.2 Å². The van der Waals surface area contributed by atoms with Crippen LogP contribution in [0.2, 0.25) is 0 Å². The van der Waals surface area contributed by atoms with E-state index in [0.717, 1.165) is 41.2 Å². The number of nitrogens with one attached hydrogen (secondary N) is 9. The van der Waals surface area contributed by atoms with Gasteiger partial charge in [-0.2, -0.15) is 10.2 Å². The number of H-pyrrole nitrogens is 2. The molecule has 2 atom stereocenters. The summed E-state index contributed by atoms with van der Waals surface area (Å²) >= 11 is 0. The first-order valence-corrected chi connectivity index (χ1v) is 28.0. The van der Waals surface area contributed by atoms with Gasteiger partial charge in [-0.25, -0.2) is 9.59 Å². The first kappa shape index (κ1) is 58.1. The van der Waals surface area contributed by atoms with Gasteiger partial charge in [0.25, 0.3) is 11.8 Å².